The summed E-state index contributed by atoms with van der Waals surface area (Å²) in [6.07, 6.45) is 0.0693. The molecule has 136 valence electrons. The largest absolute Gasteiger partial charge is 0.347 e. The number of piperidine rings is 1. The van der Waals surface area contributed by atoms with Gasteiger partial charge in [-0.05, 0) is 35.9 Å². The van der Waals surface area contributed by atoms with Crippen LogP contribution in [0.4, 0.5) is 8.78 Å². The van der Waals surface area contributed by atoms with Crippen molar-refractivity contribution in [2.45, 2.75) is 18.1 Å². The minimum Gasteiger partial charge on any atom is -0.347 e. The number of amides is 1. The molecule has 0 spiro atoms. The molecule has 4 nitrogen and oxygen atoms in total. The summed E-state index contributed by atoms with van der Waals surface area (Å²) >= 11 is 5.78. The molecule has 2 aromatic rings. The van der Waals surface area contributed by atoms with Crippen molar-refractivity contribution < 1.29 is 23.0 Å². The fourth-order valence-electron chi connectivity index (χ4n) is 3.64. The van der Waals surface area contributed by atoms with Crippen molar-refractivity contribution in [3.63, 3.8) is 0 Å². The number of rotatable bonds is 2. The van der Waals surface area contributed by atoms with Gasteiger partial charge in [-0.2, -0.15) is 0 Å². The van der Waals surface area contributed by atoms with Crippen LogP contribution in [0.25, 0.3) is 0 Å². The summed E-state index contributed by atoms with van der Waals surface area (Å²) in [7, 11) is 0. The van der Waals surface area contributed by atoms with Crippen LogP contribution in [0.5, 0.6) is 0 Å². The molecule has 2 aliphatic heterocycles. The predicted octanol–water partition coefficient (Wildman–Crippen LogP) is 3.73. The number of fused-ring (bicyclic) bond motifs is 1. The third-order valence-electron chi connectivity index (χ3n) is 5.01. The molecule has 0 aliphatic carbocycles. The molecule has 0 aromatic heterocycles. The molecule has 2 aliphatic rings. The van der Waals surface area contributed by atoms with Gasteiger partial charge in [-0.3, -0.25) is 4.79 Å². The second-order valence-electron chi connectivity index (χ2n) is 6.45. The van der Waals surface area contributed by atoms with E-state index in [1.807, 2.05) is 6.07 Å². The summed E-state index contributed by atoms with van der Waals surface area (Å²) < 4.78 is 38.5. The molecule has 2 aromatic carbocycles. The minimum absolute atomic E-state index is 0.0889. The van der Waals surface area contributed by atoms with Gasteiger partial charge in [0.15, 0.2) is 0 Å². The van der Waals surface area contributed by atoms with Gasteiger partial charge in [0.1, 0.15) is 30.1 Å². The van der Waals surface area contributed by atoms with Crippen LogP contribution in [0.3, 0.4) is 0 Å². The smallest absolute Gasteiger partial charge is 0.254 e. The van der Waals surface area contributed by atoms with E-state index in [1.54, 1.807) is 11.0 Å². The van der Waals surface area contributed by atoms with Crippen LogP contribution in [0.15, 0.2) is 42.5 Å². The number of benzene rings is 2. The monoisotopic (exact) mass is 379 g/mol. The Bertz CT molecular complexity index is 862. The number of likely N-dealkylation sites (tertiary alicyclic amines) is 1. The summed E-state index contributed by atoms with van der Waals surface area (Å²) in [5, 5.41) is -0.0950. The molecule has 2 heterocycles. The maximum atomic E-state index is 13.7. The zero-order chi connectivity index (χ0) is 18.3. The van der Waals surface area contributed by atoms with Gasteiger partial charge in [0.2, 0.25) is 0 Å². The van der Waals surface area contributed by atoms with Gasteiger partial charge in [-0.15, -0.1) is 0 Å². The number of carbonyl (C=O) groups excluding carboxylic acids is 1. The predicted molar refractivity (Wildman–Crippen MR) is 90.8 cm³/mol. The van der Waals surface area contributed by atoms with Crippen LogP contribution in [-0.4, -0.2) is 36.8 Å². The Labute approximate surface area is 154 Å². The first-order valence-electron chi connectivity index (χ1n) is 8.25. The second kappa shape index (κ2) is 6.61. The Balaban J connectivity index is 1.58. The Morgan fingerprint density at radius 3 is 2.85 bits per heavy atom. The van der Waals surface area contributed by atoms with Gasteiger partial charge < -0.3 is 14.4 Å². The van der Waals surface area contributed by atoms with Gasteiger partial charge in [0.25, 0.3) is 5.91 Å². The fourth-order valence-corrected chi connectivity index (χ4v) is 3.82. The van der Waals surface area contributed by atoms with Gasteiger partial charge in [-0.1, -0.05) is 23.7 Å². The zero-order valence-electron chi connectivity index (χ0n) is 13.8. The Morgan fingerprint density at radius 2 is 2.08 bits per heavy atom. The van der Waals surface area contributed by atoms with Crippen molar-refractivity contribution in [1.29, 1.82) is 0 Å². The summed E-state index contributed by atoms with van der Waals surface area (Å²) in [4.78, 5) is 14.4. The molecule has 0 N–H and O–H groups in total. The normalized spacial score (nSPS) is 25.2. The zero-order valence-corrected chi connectivity index (χ0v) is 14.5. The number of ether oxygens (including phenoxy) is 2. The van der Waals surface area contributed by atoms with E-state index < -0.39 is 17.5 Å². The van der Waals surface area contributed by atoms with E-state index in [-0.39, 0.29) is 23.5 Å². The molecule has 0 bridgehead atoms. The molecular formula is C19H16ClF2NO3. The first-order chi connectivity index (χ1) is 12.5. The SMILES string of the molecule is O=C(c1ccc(F)c(Cl)c1)N1CC[C@]2(c3cccc(F)c3)OCO[C@@H]2C1. The van der Waals surface area contributed by atoms with Gasteiger partial charge in [0, 0.05) is 18.5 Å². The quantitative estimate of drug-likeness (QED) is 0.798. The number of carbonyl (C=O) groups is 1. The lowest BCUT2D eigenvalue weighted by Gasteiger charge is -2.42. The fraction of sp³-hybridized carbons (Fsp3) is 0.316. The molecule has 2 fully saturated rings. The molecule has 7 heteroatoms. The first kappa shape index (κ1) is 17.4. The van der Waals surface area contributed by atoms with Crippen molar-refractivity contribution in [1.82, 2.24) is 4.90 Å². The lowest BCUT2D eigenvalue weighted by molar-refractivity contribution is -0.0440. The summed E-state index contributed by atoms with van der Waals surface area (Å²) in [5.74, 6) is -1.17. The van der Waals surface area contributed by atoms with Crippen LogP contribution in [0.1, 0.15) is 22.3 Å². The lowest BCUT2D eigenvalue weighted by Crippen LogP contribution is -2.53. The van der Waals surface area contributed by atoms with E-state index in [4.69, 9.17) is 21.1 Å². The minimum atomic E-state index is -0.765. The van der Waals surface area contributed by atoms with E-state index >= 15 is 0 Å². The van der Waals surface area contributed by atoms with E-state index in [2.05, 4.69) is 0 Å². The van der Waals surface area contributed by atoms with Crippen LogP contribution < -0.4 is 0 Å². The maximum Gasteiger partial charge on any atom is 0.254 e. The maximum absolute atomic E-state index is 13.7. The number of hydrogen-bond acceptors (Lipinski definition) is 3. The Morgan fingerprint density at radius 1 is 1.23 bits per heavy atom. The standard InChI is InChI=1S/C19H16ClF2NO3/c20-15-8-12(4-5-16(15)22)18(24)23-7-6-19(17(10-23)25-11-26-19)13-2-1-3-14(21)9-13/h1-5,8-9,17H,6-7,10-11H2/t17-,19-/m1/s1. The highest BCUT2D eigenvalue weighted by atomic mass is 35.5. The van der Waals surface area contributed by atoms with Crippen molar-refractivity contribution in [3.05, 3.63) is 70.2 Å². The van der Waals surface area contributed by atoms with Crippen LogP contribution in [-0.2, 0) is 15.1 Å². The first-order valence-corrected chi connectivity index (χ1v) is 8.63. The van der Waals surface area contributed by atoms with E-state index in [0.717, 1.165) is 0 Å². The van der Waals surface area contributed by atoms with E-state index in [9.17, 15) is 13.6 Å². The van der Waals surface area contributed by atoms with Gasteiger partial charge in [0.05, 0.1) is 11.6 Å². The molecular weight excluding hydrogens is 364 g/mol. The summed E-state index contributed by atoms with van der Waals surface area (Å²) in [6, 6.07) is 10.2. The number of nitrogens with zero attached hydrogens (tertiary/aromatic N) is 1. The number of hydrogen-bond donors (Lipinski definition) is 0. The summed E-state index contributed by atoms with van der Waals surface area (Å²) in [5.41, 5.74) is 0.254. The average Bonchev–Trinajstić information content (AvgIpc) is 3.07. The van der Waals surface area contributed by atoms with Crippen molar-refractivity contribution >= 4 is 17.5 Å². The van der Waals surface area contributed by atoms with Crippen molar-refractivity contribution in [2.75, 3.05) is 19.9 Å². The van der Waals surface area contributed by atoms with Crippen molar-refractivity contribution in [2.24, 2.45) is 0 Å². The van der Waals surface area contributed by atoms with Crippen LogP contribution >= 0.6 is 11.6 Å². The topological polar surface area (TPSA) is 38.8 Å². The number of halogens is 3. The molecule has 0 unspecified atom stereocenters. The van der Waals surface area contributed by atoms with Crippen molar-refractivity contribution in [3.8, 4) is 0 Å². The molecule has 26 heavy (non-hydrogen) atoms. The molecule has 0 radical (unpaired) electrons. The third kappa shape index (κ3) is 2.88. The Hall–Kier alpha value is -2.02. The molecule has 1 amide bonds. The highest BCUT2D eigenvalue weighted by Crippen LogP contribution is 2.42. The molecule has 2 saturated heterocycles. The average molecular weight is 380 g/mol. The molecule has 4 rings (SSSR count). The second-order valence-corrected chi connectivity index (χ2v) is 6.85. The van der Waals surface area contributed by atoms with Gasteiger partial charge in [-0.25, -0.2) is 8.78 Å². The third-order valence-corrected chi connectivity index (χ3v) is 5.30. The van der Waals surface area contributed by atoms with Crippen LogP contribution in [0.2, 0.25) is 5.02 Å². The van der Waals surface area contributed by atoms with Gasteiger partial charge >= 0.3 is 0 Å². The van der Waals surface area contributed by atoms with E-state index in [0.29, 0.717) is 30.6 Å². The highest BCUT2D eigenvalue weighted by Gasteiger charge is 2.51. The Kier molecular flexibility index (Phi) is 4.42. The highest BCUT2D eigenvalue weighted by molar-refractivity contribution is 6.31. The van der Waals surface area contributed by atoms with E-state index in [1.165, 1.54) is 30.3 Å². The summed E-state index contributed by atoms with van der Waals surface area (Å²) in [6.45, 7) is 0.792. The molecule has 2 atom stereocenters. The van der Waals surface area contributed by atoms with Crippen LogP contribution in [0, 0.1) is 11.6 Å². The lowest BCUT2D eigenvalue weighted by atomic mass is 9.82. The molecule has 0 saturated carbocycles.